The fourth-order valence-corrected chi connectivity index (χ4v) is 4.20. The molecule has 2 aromatic carbocycles. The van der Waals surface area contributed by atoms with Crippen molar-refractivity contribution in [1.82, 2.24) is 5.32 Å². The van der Waals surface area contributed by atoms with Gasteiger partial charge in [-0.3, -0.25) is 9.59 Å². The maximum absolute atomic E-state index is 13.2. The van der Waals surface area contributed by atoms with Gasteiger partial charge in [0.2, 0.25) is 5.91 Å². The van der Waals surface area contributed by atoms with Crippen LogP contribution in [0.3, 0.4) is 0 Å². The summed E-state index contributed by atoms with van der Waals surface area (Å²) < 4.78 is 18.8. The summed E-state index contributed by atoms with van der Waals surface area (Å²) in [6.07, 6.45) is 1.18. The van der Waals surface area contributed by atoms with Crippen LogP contribution >= 0.6 is 0 Å². The van der Waals surface area contributed by atoms with Crippen LogP contribution in [-0.2, 0) is 9.59 Å². The molecule has 144 valence electrons. The van der Waals surface area contributed by atoms with Crippen LogP contribution in [0.5, 0.6) is 5.75 Å². The van der Waals surface area contributed by atoms with E-state index < -0.39 is 0 Å². The van der Waals surface area contributed by atoms with E-state index in [4.69, 9.17) is 4.74 Å². The predicted octanol–water partition coefficient (Wildman–Crippen LogP) is 4.23. The van der Waals surface area contributed by atoms with E-state index in [-0.39, 0.29) is 35.8 Å². The summed E-state index contributed by atoms with van der Waals surface area (Å²) >= 11 is 0. The summed E-state index contributed by atoms with van der Waals surface area (Å²) in [7, 11) is 0. The van der Waals surface area contributed by atoms with Crippen molar-refractivity contribution >= 4 is 11.7 Å². The number of amides is 1. The third-order valence-corrected chi connectivity index (χ3v) is 5.45. The molecule has 0 radical (unpaired) electrons. The summed E-state index contributed by atoms with van der Waals surface area (Å²) in [5.74, 6) is 0.0820. The van der Waals surface area contributed by atoms with E-state index in [1.54, 1.807) is 12.1 Å². The molecular formula is C23H22FNO3. The maximum Gasteiger partial charge on any atom is 0.225 e. The van der Waals surface area contributed by atoms with Crippen molar-refractivity contribution < 1.29 is 18.7 Å². The van der Waals surface area contributed by atoms with Crippen LogP contribution in [0.2, 0.25) is 0 Å². The highest BCUT2D eigenvalue weighted by Crippen LogP contribution is 2.43. The molecule has 0 spiro atoms. The number of carbonyl (C=O) groups is 2. The molecule has 0 bridgehead atoms. The highest BCUT2D eigenvalue weighted by atomic mass is 19.1. The van der Waals surface area contributed by atoms with Gasteiger partial charge < -0.3 is 10.1 Å². The van der Waals surface area contributed by atoms with Crippen LogP contribution in [0.4, 0.5) is 4.39 Å². The largest absolute Gasteiger partial charge is 0.494 e. The molecule has 28 heavy (non-hydrogen) atoms. The average Bonchev–Trinajstić information content (AvgIpc) is 2.68. The number of ketones is 1. The molecule has 2 aliphatic rings. The number of halogens is 1. The third-order valence-electron chi connectivity index (χ3n) is 5.45. The third kappa shape index (κ3) is 3.57. The van der Waals surface area contributed by atoms with Crippen LogP contribution in [0.1, 0.15) is 49.1 Å². The lowest BCUT2D eigenvalue weighted by Crippen LogP contribution is -2.38. The average molecular weight is 379 g/mol. The minimum atomic E-state index is -0.300. The standard InChI is InChI=1S/C23H22FNO3/c1-2-28-18-5-3-4-15(10-18)19-13-22(27)25-20-11-16(12-21(26)23(19)20)14-6-8-17(24)9-7-14/h3-10,16,19H,2,11-13H2,1H3,(H,25,27)/t16-,19+/m0/s1. The van der Waals surface area contributed by atoms with Crippen molar-refractivity contribution in [3.63, 3.8) is 0 Å². The highest BCUT2D eigenvalue weighted by Gasteiger charge is 2.38. The van der Waals surface area contributed by atoms with E-state index in [1.165, 1.54) is 12.1 Å². The normalized spacial score (nSPS) is 21.9. The molecule has 1 heterocycles. The summed E-state index contributed by atoms with van der Waals surface area (Å²) in [5.41, 5.74) is 3.23. The van der Waals surface area contributed by atoms with Gasteiger partial charge in [-0.25, -0.2) is 4.39 Å². The molecule has 0 saturated heterocycles. The molecule has 0 saturated carbocycles. The SMILES string of the molecule is CCOc1cccc([C@H]2CC(=O)NC3=C2C(=O)C[C@@H](c2ccc(F)cc2)C3)c1. The molecule has 0 aromatic heterocycles. The monoisotopic (exact) mass is 379 g/mol. The number of benzene rings is 2. The second-order valence-corrected chi connectivity index (χ2v) is 7.28. The number of nitrogens with one attached hydrogen (secondary N) is 1. The highest BCUT2D eigenvalue weighted by molar-refractivity contribution is 6.02. The second kappa shape index (κ2) is 7.58. The van der Waals surface area contributed by atoms with Crippen molar-refractivity contribution in [2.75, 3.05) is 6.61 Å². The lowest BCUT2D eigenvalue weighted by atomic mass is 9.73. The summed E-state index contributed by atoms with van der Waals surface area (Å²) in [4.78, 5) is 25.4. The predicted molar refractivity (Wildman–Crippen MR) is 104 cm³/mol. The van der Waals surface area contributed by atoms with Gasteiger partial charge in [0.25, 0.3) is 0 Å². The van der Waals surface area contributed by atoms with Gasteiger partial charge in [-0.15, -0.1) is 0 Å². The van der Waals surface area contributed by atoms with E-state index in [2.05, 4.69) is 5.32 Å². The number of hydrogen-bond acceptors (Lipinski definition) is 3. The number of rotatable bonds is 4. The molecule has 1 N–H and O–H groups in total. The Hall–Kier alpha value is -2.95. The van der Waals surface area contributed by atoms with Gasteiger partial charge in [-0.1, -0.05) is 24.3 Å². The number of hydrogen-bond donors (Lipinski definition) is 1. The van der Waals surface area contributed by atoms with Gasteiger partial charge in [0, 0.05) is 30.0 Å². The zero-order valence-corrected chi connectivity index (χ0v) is 15.7. The molecule has 1 aliphatic carbocycles. The molecule has 0 unspecified atom stereocenters. The second-order valence-electron chi connectivity index (χ2n) is 7.28. The quantitative estimate of drug-likeness (QED) is 0.865. The van der Waals surface area contributed by atoms with Crippen LogP contribution in [-0.4, -0.2) is 18.3 Å². The Bertz CT molecular complexity index is 949. The molecule has 2 aromatic rings. The van der Waals surface area contributed by atoms with Gasteiger partial charge in [-0.2, -0.15) is 0 Å². The van der Waals surface area contributed by atoms with E-state index in [0.29, 0.717) is 30.7 Å². The molecule has 2 atom stereocenters. The Morgan fingerprint density at radius 3 is 2.57 bits per heavy atom. The molecule has 0 fully saturated rings. The lowest BCUT2D eigenvalue weighted by Gasteiger charge is -2.34. The summed E-state index contributed by atoms with van der Waals surface area (Å²) in [6.45, 7) is 2.47. The Balaban J connectivity index is 1.68. The number of Topliss-reactive ketones (excluding diaryl/α,β-unsaturated/α-hetero) is 1. The van der Waals surface area contributed by atoms with Crippen molar-refractivity contribution in [1.29, 1.82) is 0 Å². The minimum Gasteiger partial charge on any atom is -0.494 e. The topological polar surface area (TPSA) is 55.4 Å². The smallest absolute Gasteiger partial charge is 0.225 e. The first-order valence-electron chi connectivity index (χ1n) is 9.59. The summed E-state index contributed by atoms with van der Waals surface area (Å²) in [5, 5.41) is 2.91. The van der Waals surface area contributed by atoms with Gasteiger partial charge in [0.15, 0.2) is 5.78 Å². The fraction of sp³-hybridized carbons (Fsp3) is 0.304. The van der Waals surface area contributed by atoms with Crippen LogP contribution in [0, 0.1) is 5.82 Å². The molecule has 4 nitrogen and oxygen atoms in total. The van der Waals surface area contributed by atoms with Crippen molar-refractivity contribution in [3.8, 4) is 5.75 Å². The molecule has 1 amide bonds. The lowest BCUT2D eigenvalue weighted by molar-refractivity contribution is -0.122. The van der Waals surface area contributed by atoms with E-state index in [1.807, 2.05) is 31.2 Å². The fourth-order valence-electron chi connectivity index (χ4n) is 4.20. The molecule has 4 rings (SSSR count). The zero-order valence-electron chi connectivity index (χ0n) is 15.7. The van der Waals surface area contributed by atoms with Crippen molar-refractivity contribution in [2.24, 2.45) is 0 Å². The van der Waals surface area contributed by atoms with E-state index in [0.717, 1.165) is 16.9 Å². The van der Waals surface area contributed by atoms with Crippen LogP contribution in [0.25, 0.3) is 0 Å². The molecule has 5 heteroatoms. The minimum absolute atomic E-state index is 0.0439. The Morgan fingerprint density at radius 2 is 1.82 bits per heavy atom. The number of allylic oxidation sites excluding steroid dienone is 2. The summed E-state index contributed by atoms with van der Waals surface area (Å²) in [6, 6.07) is 13.9. The van der Waals surface area contributed by atoms with E-state index >= 15 is 0 Å². The van der Waals surface area contributed by atoms with Gasteiger partial charge in [0.05, 0.1) is 6.61 Å². The van der Waals surface area contributed by atoms with Gasteiger partial charge in [0.1, 0.15) is 11.6 Å². The molecule has 1 aliphatic heterocycles. The molecular weight excluding hydrogens is 357 g/mol. The van der Waals surface area contributed by atoms with Crippen LogP contribution < -0.4 is 10.1 Å². The van der Waals surface area contributed by atoms with Crippen molar-refractivity contribution in [2.45, 2.75) is 38.0 Å². The van der Waals surface area contributed by atoms with Gasteiger partial charge in [-0.05, 0) is 54.7 Å². The Labute approximate surface area is 163 Å². The first-order chi connectivity index (χ1) is 13.5. The number of carbonyl (C=O) groups excluding carboxylic acids is 2. The zero-order chi connectivity index (χ0) is 19.7. The maximum atomic E-state index is 13.2. The first kappa shape index (κ1) is 18.4. The van der Waals surface area contributed by atoms with Crippen LogP contribution in [0.15, 0.2) is 59.8 Å². The van der Waals surface area contributed by atoms with Gasteiger partial charge >= 0.3 is 0 Å². The number of ether oxygens (including phenoxy) is 1. The Kier molecular flexibility index (Phi) is 4.99. The van der Waals surface area contributed by atoms with Crippen molar-refractivity contribution in [3.05, 3.63) is 76.7 Å². The first-order valence-corrected chi connectivity index (χ1v) is 9.59. The van der Waals surface area contributed by atoms with E-state index in [9.17, 15) is 14.0 Å². The Morgan fingerprint density at radius 1 is 1.04 bits per heavy atom.